The molecule has 0 radical (unpaired) electrons. The molecule has 5 nitrogen and oxygen atoms in total. The average Bonchev–Trinajstić information content (AvgIpc) is 2.40. The van der Waals surface area contributed by atoms with Gasteiger partial charge < -0.3 is 10.4 Å². The predicted molar refractivity (Wildman–Crippen MR) is 74.0 cm³/mol. The van der Waals surface area contributed by atoms with Crippen LogP contribution in [0.5, 0.6) is 0 Å². The molecule has 1 unspecified atom stereocenters. The summed E-state index contributed by atoms with van der Waals surface area (Å²) in [5, 5.41) is 14.8. The maximum absolute atomic E-state index is 11.7. The van der Waals surface area contributed by atoms with Gasteiger partial charge in [0, 0.05) is 11.9 Å². The number of carbonyl (C=O) groups is 1. The maximum Gasteiger partial charge on any atom is 0.324 e. The smallest absolute Gasteiger partial charge is 0.324 e. The van der Waals surface area contributed by atoms with Crippen molar-refractivity contribution in [2.24, 2.45) is 0 Å². The minimum absolute atomic E-state index is 0.374. The lowest BCUT2D eigenvalue weighted by Gasteiger charge is -2.09. The molecule has 2 amide bonds. The van der Waals surface area contributed by atoms with Gasteiger partial charge in [-0.1, -0.05) is 18.2 Å². The van der Waals surface area contributed by atoms with E-state index in [4.69, 9.17) is 0 Å². The van der Waals surface area contributed by atoms with Crippen LogP contribution in [-0.2, 0) is 0 Å². The number of rotatable bonds is 3. The number of hydrogen-bond acceptors (Lipinski definition) is 3. The number of anilines is 2. The molecule has 0 aliphatic carbocycles. The maximum atomic E-state index is 11.7. The van der Waals surface area contributed by atoms with E-state index in [1.165, 1.54) is 0 Å². The molecular formula is C14H15N3O2. The van der Waals surface area contributed by atoms with Gasteiger partial charge in [-0.2, -0.15) is 0 Å². The number of amides is 2. The lowest BCUT2D eigenvalue weighted by molar-refractivity contribution is 0.199. The molecule has 1 heterocycles. The van der Waals surface area contributed by atoms with E-state index in [2.05, 4.69) is 15.6 Å². The van der Waals surface area contributed by atoms with Gasteiger partial charge in [-0.25, -0.2) is 9.78 Å². The summed E-state index contributed by atoms with van der Waals surface area (Å²) in [5.41, 5.74) is 1.36. The molecule has 1 aromatic carbocycles. The molecule has 98 valence electrons. The Morgan fingerprint density at radius 1 is 1.21 bits per heavy atom. The van der Waals surface area contributed by atoms with Crippen LogP contribution in [0.1, 0.15) is 18.6 Å². The molecule has 0 saturated carbocycles. The number of aliphatic hydroxyl groups excluding tert-OH is 1. The highest BCUT2D eigenvalue weighted by Gasteiger charge is 2.05. The fraction of sp³-hybridized carbons (Fsp3) is 0.143. The van der Waals surface area contributed by atoms with Gasteiger partial charge in [-0.15, -0.1) is 0 Å². The SMILES string of the molecule is CC(O)c1cccc(NC(=O)Nc2ccccn2)c1. The van der Waals surface area contributed by atoms with E-state index in [1.807, 2.05) is 0 Å². The summed E-state index contributed by atoms with van der Waals surface area (Å²) in [6.07, 6.45) is 1.03. The van der Waals surface area contributed by atoms with Crippen LogP contribution in [0, 0.1) is 0 Å². The third-order valence-corrected chi connectivity index (χ3v) is 2.53. The standard InChI is InChI=1S/C14H15N3O2/c1-10(18)11-5-4-6-12(9-11)16-14(19)17-13-7-2-3-8-15-13/h2-10,18H,1H3,(H2,15,16,17,19). The van der Waals surface area contributed by atoms with Crippen molar-refractivity contribution in [1.82, 2.24) is 4.98 Å². The van der Waals surface area contributed by atoms with Crippen LogP contribution in [0.25, 0.3) is 0 Å². The number of nitrogens with zero attached hydrogens (tertiary/aromatic N) is 1. The second-order valence-corrected chi connectivity index (χ2v) is 4.10. The van der Waals surface area contributed by atoms with E-state index in [-0.39, 0.29) is 6.03 Å². The minimum Gasteiger partial charge on any atom is -0.389 e. The molecule has 19 heavy (non-hydrogen) atoms. The molecule has 0 aliphatic rings. The number of pyridine rings is 1. The fourth-order valence-corrected chi connectivity index (χ4v) is 1.59. The normalized spacial score (nSPS) is 11.7. The lowest BCUT2D eigenvalue weighted by Crippen LogP contribution is -2.20. The number of carbonyl (C=O) groups excluding carboxylic acids is 1. The Labute approximate surface area is 111 Å². The van der Waals surface area contributed by atoms with Gasteiger partial charge >= 0.3 is 6.03 Å². The molecule has 0 bridgehead atoms. The van der Waals surface area contributed by atoms with Crippen molar-refractivity contribution >= 4 is 17.5 Å². The molecule has 0 spiro atoms. The molecule has 3 N–H and O–H groups in total. The Morgan fingerprint density at radius 2 is 2.05 bits per heavy atom. The van der Waals surface area contributed by atoms with Crippen molar-refractivity contribution in [3.05, 3.63) is 54.2 Å². The monoisotopic (exact) mass is 257 g/mol. The fourth-order valence-electron chi connectivity index (χ4n) is 1.59. The zero-order chi connectivity index (χ0) is 13.7. The zero-order valence-corrected chi connectivity index (χ0v) is 10.5. The quantitative estimate of drug-likeness (QED) is 0.791. The third kappa shape index (κ3) is 3.79. The lowest BCUT2D eigenvalue weighted by atomic mass is 10.1. The van der Waals surface area contributed by atoms with Gasteiger partial charge in [-0.3, -0.25) is 5.32 Å². The van der Waals surface area contributed by atoms with Gasteiger partial charge in [0.05, 0.1) is 6.10 Å². The van der Waals surface area contributed by atoms with Crippen LogP contribution < -0.4 is 10.6 Å². The van der Waals surface area contributed by atoms with Gasteiger partial charge in [0.1, 0.15) is 5.82 Å². The van der Waals surface area contributed by atoms with Crippen LogP contribution in [0.3, 0.4) is 0 Å². The number of nitrogens with one attached hydrogen (secondary N) is 2. The van der Waals surface area contributed by atoms with Gasteiger partial charge in [-0.05, 0) is 36.8 Å². The number of urea groups is 1. The van der Waals surface area contributed by atoms with Crippen LogP contribution in [-0.4, -0.2) is 16.1 Å². The molecule has 5 heteroatoms. The number of aliphatic hydroxyl groups is 1. The van der Waals surface area contributed by atoms with E-state index >= 15 is 0 Å². The van der Waals surface area contributed by atoms with Crippen molar-refractivity contribution in [2.45, 2.75) is 13.0 Å². The summed E-state index contributed by atoms with van der Waals surface area (Å²) in [4.78, 5) is 15.7. The van der Waals surface area contributed by atoms with Crippen LogP contribution in [0.2, 0.25) is 0 Å². The molecule has 1 atom stereocenters. The van der Waals surface area contributed by atoms with Crippen LogP contribution in [0.15, 0.2) is 48.7 Å². The number of aromatic nitrogens is 1. The number of hydrogen-bond donors (Lipinski definition) is 3. The second-order valence-electron chi connectivity index (χ2n) is 4.10. The van der Waals surface area contributed by atoms with Gasteiger partial charge in [0.15, 0.2) is 0 Å². The van der Waals surface area contributed by atoms with E-state index < -0.39 is 6.10 Å². The summed E-state index contributed by atoms with van der Waals surface area (Å²) in [6, 6.07) is 11.9. The molecule has 0 aliphatic heterocycles. The first-order chi connectivity index (χ1) is 9.15. The predicted octanol–water partition coefficient (Wildman–Crippen LogP) is 2.78. The Bertz CT molecular complexity index is 556. The van der Waals surface area contributed by atoms with E-state index in [0.717, 1.165) is 5.56 Å². The average molecular weight is 257 g/mol. The molecule has 2 rings (SSSR count). The highest BCUT2D eigenvalue weighted by atomic mass is 16.3. The Kier molecular flexibility index (Phi) is 4.10. The Hall–Kier alpha value is -2.40. The first-order valence-corrected chi connectivity index (χ1v) is 5.92. The van der Waals surface area contributed by atoms with Crippen molar-refractivity contribution in [3.8, 4) is 0 Å². The molecule has 2 aromatic rings. The van der Waals surface area contributed by atoms with Crippen LogP contribution >= 0.6 is 0 Å². The van der Waals surface area contributed by atoms with Crippen molar-refractivity contribution in [1.29, 1.82) is 0 Å². The van der Waals surface area contributed by atoms with Crippen molar-refractivity contribution < 1.29 is 9.90 Å². The first kappa shape index (κ1) is 13.0. The summed E-state index contributed by atoms with van der Waals surface area (Å²) >= 11 is 0. The highest BCUT2D eigenvalue weighted by molar-refractivity contribution is 5.99. The summed E-state index contributed by atoms with van der Waals surface area (Å²) in [5.74, 6) is 0.478. The summed E-state index contributed by atoms with van der Waals surface area (Å²) < 4.78 is 0. The third-order valence-electron chi connectivity index (χ3n) is 2.53. The van der Waals surface area contributed by atoms with E-state index in [9.17, 15) is 9.90 Å². The van der Waals surface area contributed by atoms with Gasteiger partial charge in [0.25, 0.3) is 0 Å². The summed E-state index contributed by atoms with van der Waals surface area (Å²) in [6.45, 7) is 1.67. The highest BCUT2D eigenvalue weighted by Crippen LogP contribution is 2.17. The second kappa shape index (κ2) is 5.97. The van der Waals surface area contributed by atoms with Crippen molar-refractivity contribution in [3.63, 3.8) is 0 Å². The van der Waals surface area contributed by atoms with E-state index in [0.29, 0.717) is 11.5 Å². The van der Waals surface area contributed by atoms with Crippen LogP contribution in [0.4, 0.5) is 16.3 Å². The summed E-state index contributed by atoms with van der Waals surface area (Å²) in [7, 11) is 0. The first-order valence-electron chi connectivity index (χ1n) is 5.92. The largest absolute Gasteiger partial charge is 0.389 e. The topological polar surface area (TPSA) is 74.2 Å². The Morgan fingerprint density at radius 3 is 2.74 bits per heavy atom. The number of benzene rings is 1. The molecule has 0 saturated heterocycles. The molecular weight excluding hydrogens is 242 g/mol. The van der Waals surface area contributed by atoms with Gasteiger partial charge in [0.2, 0.25) is 0 Å². The molecule has 0 fully saturated rings. The zero-order valence-electron chi connectivity index (χ0n) is 10.5. The van der Waals surface area contributed by atoms with Crippen molar-refractivity contribution in [2.75, 3.05) is 10.6 Å². The molecule has 1 aromatic heterocycles. The Balaban J connectivity index is 2.01. The minimum atomic E-state index is -0.569. The van der Waals surface area contributed by atoms with E-state index in [1.54, 1.807) is 55.6 Å².